The van der Waals surface area contributed by atoms with Gasteiger partial charge in [0.15, 0.2) is 17.3 Å². The second kappa shape index (κ2) is 12.5. The number of carbonyl (C=O) groups excluding carboxylic acids is 2. The molecule has 2 aromatic rings. The van der Waals surface area contributed by atoms with E-state index in [1.165, 1.54) is 12.1 Å². The number of likely N-dealkylation sites (tertiary alicyclic amines) is 1. The summed E-state index contributed by atoms with van der Waals surface area (Å²) < 4.78 is 29.0. The summed E-state index contributed by atoms with van der Waals surface area (Å²) in [7, 11) is -4.33. The summed E-state index contributed by atoms with van der Waals surface area (Å²) in [6.45, 7) is 1.37. The van der Waals surface area contributed by atoms with E-state index in [1.54, 1.807) is 23.1 Å². The third-order valence-electron chi connectivity index (χ3n) is 7.47. The number of rotatable bonds is 11. The van der Waals surface area contributed by atoms with Crippen molar-refractivity contribution in [3.8, 4) is 0 Å². The maximum absolute atomic E-state index is 13.5. The van der Waals surface area contributed by atoms with Gasteiger partial charge in [0, 0.05) is 19.6 Å². The molecule has 12 nitrogen and oxygen atoms in total. The highest BCUT2D eigenvalue weighted by Crippen LogP contribution is 2.40. The third-order valence-corrected chi connectivity index (χ3v) is 8.93. The molecule has 40 heavy (non-hydrogen) atoms. The van der Waals surface area contributed by atoms with E-state index in [2.05, 4.69) is 10.0 Å². The van der Waals surface area contributed by atoms with Crippen molar-refractivity contribution in [2.45, 2.75) is 48.6 Å². The summed E-state index contributed by atoms with van der Waals surface area (Å²) in [5, 5.41) is 21.6. The molecule has 2 fully saturated rings. The highest BCUT2D eigenvalue weighted by molar-refractivity contribution is 7.89. The number of sulfonamides is 1. The van der Waals surface area contributed by atoms with Gasteiger partial charge in [-0.15, -0.1) is 12.4 Å². The van der Waals surface area contributed by atoms with E-state index >= 15 is 0 Å². The molecule has 2 unspecified atom stereocenters. The van der Waals surface area contributed by atoms with E-state index in [4.69, 9.17) is 16.9 Å². The topological polar surface area (TPSA) is 209 Å². The monoisotopic (exact) mass is 594 g/mol. The number of carboxylic acids is 1. The number of ketones is 1. The van der Waals surface area contributed by atoms with E-state index < -0.39 is 51.6 Å². The minimum absolute atomic E-state index is 0. The van der Waals surface area contributed by atoms with Crippen LogP contribution in [0.25, 0.3) is 10.8 Å². The van der Waals surface area contributed by atoms with Crippen LogP contribution in [0.15, 0.2) is 47.4 Å². The molecule has 218 valence electrons. The minimum Gasteiger partial charge on any atom is -0.480 e. The number of fused-ring (bicyclic) bond motifs is 1. The smallest absolute Gasteiger partial charge is 0.331 e. The van der Waals surface area contributed by atoms with Crippen molar-refractivity contribution in [2.75, 3.05) is 19.6 Å². The Morgan fingerprint density at radius 3 is 2.42 bits per heavy atom. The van der Waals surface area contributed by atoms with Crippen LogP contribution in [-0.4, -0.2) is 73.3 Å². The molecule has 0 radical (unpaired) electrons. The molecule has 1 saturated carbocycles. The first-order valence-corrected chi connectivity index (χ1v) is 14.3. The van der Waals surface area contributed by atoms with E-state index in [-0.39, 0.29) is 35.7 Å². The number of amides is 1. The van der Waals surface area contributed by atoms with Crippen molar-refractivity contribution in [3.05, 3.63) is 42.5 Å². The molecule has 0 aromatic heterocycles. The number of benzene rings is 2. The number of hydrogen-bond acceptors (Lipinski definition) is 7. The largest absolute Gasteiger partial charge is 0.480 e. The number of piperidine rings is 1. The van der Waals surface area contributed by atoms with Crippen LogP contribution in [0.4, 0.5) is 0 Å². The van der Waals surface area contributed by atoms with E-state index in [9.17, 15) is 27.9 Å². The van der Waals surface area contributed by atoms with Crippen molar-refractivity contribution in [1.82, 2.24) is 14.9 Å². The predicted octanol–water partition coefficient (Wildman–Crippen LogP) is 0.781. The fourth-order valence-corrected chi connectivity index (χ4v) is 6.28. The normalized spacial score (nSPS) is 19.6. The molecule has 1 saturated heterocycles. The lowest BCUT2D eigenvalue weighted by atomic mass is 9.84. The van der Waals surface area contributed by atoms with Crippen LogP contribution in [0.2, 0.25) is 0 Å². The predicted molar refractivity (Wildman–Crippen MR) is 151 cm³/mol. The van der Waals surface area contributed by atoms with Gasteiger partial charge in [-0.05, 0) is 60.4 Å². The molecule has 3 atom stereocenters. The number of nitrogens with two attached hydrogens (primary N) is 2. The molecule has 1 aliphatic heterocycles. The molecule has 4 rings (SSSR count). The highest BCUT2D eigenvalue weighted by Gasteiger charge is 2.56. The van der Waals surface area contributed by atoms with Crippen molar-refractivity contribution < 1.29 is 27.9 Å². The number of carbonyl (C=O) groups is 3. The summed E-state index contributed by atoms with van der Waals surface area (Å²) in [5.74, 6) is -3.92. The van der Waals surface area contributed by atoms with Crippen LogP contribution < -0.4 is 21.5 Å². The summed E-state index contributed by atoms with van der Waals surface area (Å²) in [6, 6.07) is 9.89. The third kappa shape index (κ3) is 6.89. The Balaban J connectivity index is 0.00000441. The number of nitrogens with zero attached hydrogens (tertiary/aromatic N) is 1. The Morgan fingerprint density at radius 2 is 1.80 bits per heavy atom. The van der Waals surface area contributed by atoms with Crippen molar-refractivity contribution in [3.63, 3.8) is 0 Å². The van der Waals surface area contributed by atoms with Gasteiger partial charge in [-0.25, -0.2) is 17.9 Å². The molecular formula is C26H35ClN6O6S. The molecule has 2 aliphatic rings. The fourth-order valence-electron chi connectivity index (χ4n) is 5.05. The molecule has 0 bridgehead atoms. The molecule has 1 aliphatic carbocycles. The Kier molecular flexibility index (Phi) is 9.77. The maximum Gasteiger partial charge on any atom is 0.331 e. The number of nitrogens with one attached hydrogen (secondary N) is 3. The Labute approximate surface area is 238 Å². The van der Waals surface area contributed by atoms with Gasteiger partial charge in [-0.1, -0.05) is 30.3 Å². The Morgan fingerprint density at radius 1 is 1.12 bits per heavy atom. The van der Waals surface area contributed by atoms with Gasteiger partial charge in [0.1, 0.15) is 0 Å². The van der Waals surface area contributed by atoms with Crippen molar-refractivity contribution >= 4 is 56.8 Å². The molecular weight excluding hydrogens is 560 g/mol. The summed E-state index contributed by atoms with van der Waals surface area (Å²) in [4.78, 5) is 40.1. The highest BCUT2D eigenvalue weighted by atomic mass is 35.5. The number of carboxylic acid groups (broad SMARTS) is 1. The van der Waals surface area contributed by atoms with Gasteiger partial charge in [0.25, 0.3) is 0 Å². The Bertz CT molecular complexity index is 1400. The molecule has 1 amide bonds. The van der Waals surface area contributed by atoms with E-state index in [0.29, 0.717) is 31.3 Å². The minimum atomic E-state index is -4.33. The number of guanidine groups is 1. The Hall–Kier alpha value is -3.26. The number of halogens is 1. The zero-order chi connectivity index (χ0) is 28.4. The maximum atomic E-state index is 13.5. The molecule has 1 heterocycles. The molecule has 8 N–H and O–H groups in total. The van der Waals surface area contributed by atoms with Gasteiger partial charge < -0.3 is 26.8 Å². The summed E-state index contributed by atoms with van der Waals surface area (Å²) in [5.41, 5.74) is 9.34. The van der Waals surface area contributed by atoms with Gasteiger partial charge in [0.2, 0.25) is 15.9 Å². The van der Waals surface area contributed by atoms with Crippen LogP contribution in [-0.2, 0) is 24.4 Å². The molecule has 0 spiro atoms. The number of aliphatic carboxylic acids is 1. The lowest BCUT2D eigenvalue weighted by molar-refractivity contribution is -0.150. The van der Waals surface area contributed by atoms with Gasteiger partial charge in [-0.3, -0.25) is 15.0 Å². The second-order valence-corrected chi connectivity index (χ2v) is 12.1. The fraction of sp³-hybridized carbons (Fsp3) is 0.462. The van der Waals surface area contributed by atoms with Gasteiger partial charge in [0.05, 0.1) is 17.4 Å². The lowest BCUT2D eigenvalue weighted by Crippen LogP contribution is -2.63. The van der Waals surface area contributed by atoms with E-state index in [0.717, 1.165) is 18.2 Å². The van der Waals surface area contributed by atoms with Crippen LogP contribution in [0.5, 0.6) is 0 Å². The number of Topliss-reactive ketones (excluding diaryl/α,β-unsaturated/α-hetero) is 1. The zero-order valence-electron chi connectivity index (χ0n) is 21.8. The van der Waals surface area contributed by atoms with E-state index in [1.807, 2.05) is 12.1 Å². The first-order chi connectivity index (χ1) is 18.4. The van der Waals surface area contributed by atoms with Crippen LogP contribution in [0.3, 0.4) is 0 Å². The quantitative estimate of drug-likeness (QED) is 0.123. The van der Waals surface area contributed by atoms with Crippen LogP contribution >= 0.6 is 12.4 Å². The standard InChI is InChI=1S/C26H34N6O6S.ClH/c27-25(28)32-11-3-4-16(15-32)14-30-22(33)13-21(23(34)26(29,24(35)36)19-8-9-19)31-39(37,38)20-10-7-17-5-1-2-6-18(17)12-20;/h1-2,5-7,10,12,16,19,21,31H,3-4,8-9,11,13-15,29H2,(H3,27,28)(H,30,33)(H,35,36);1H/t16?,21-,26?;/m0./s1. The van der Waals surface area contributed by atoms with Crippen LogP contribution in [0.1, 0.15) is 32.1 Å². The lowest BCUT2D eigenvalue weighted by Gasteiger charge is -2.33. The zero-order valence-corrected chi connectivity index (χ0v) is 23.5. The summed E-state index contributed by atoms with van der Waals surface area (Å²) in [6.07, 6.45) is 1.81. The average molecular weight is 595 g/mol. The first-order valence-electron chi connectivity index (χ1n) is 12.8. The first kappa shape index (κ1) is 31.3. The summed E-state index contributed by atoms with van der Waals surface area (Å²) >= 11 is 0. The van der Waals surface area contributed by atoms with Crippen molar-refractivity contribution in [2.24, 2.45) is 23.3 Å². The average Bonchev–Trinajstić information content (AvgIpc) is 3.76. The van der Waals surface area contributed by atoms with Crippen molar-refractivity contribution in [1.29, 1.82) is 5.41 Å². The number of hydrogen-bond donors (Lipinski definition) is 6. The van der Waals surface area contributed by atoms with Crippen LogP contribution in [0, 0.1) is 17.2 Å². The second-order valence-electron chi connectivity index (χ2n) is 10.3. The SMILES string of the molecule is Cl.N=C(N)N1CCCC(CNC(=O)C[C@H](NS(=O)(=O)c2ccc3ccccc3c2)C(=O)C(N)(C(=O)O)C2CC2)C1. The van der Waals surface area contributed by atoms with Gasteiger partial charge >= 0.3 is 5.97 Å². The van der Waals surface area contributed by atoms with Gasteiger partial charge in [-0.2, -0.15) is 0 Å². The molecule has 2 aromatic carbocycles. The molecule has 14 heteroatoms.